The highest BCUT2D eigenvalue weighted by atomic mass is 16.5. The molecule has 3 rings (SSSR count). The van der Waals surface area contributed by atoms with E-state index in [1.54, 1.807) is 0 Å². The van der Waals surface area contributed by atoms with Crippen LogP contribution in [0.5, 0.6) is 0 Å². The molecule has 142 valence electrons. The van der Waals surface area contributed by atoms with E-state index < -0.39 is 18.1 Å². The number of rotatable bonds is 7. The zero-order valence-electron chi connectivity index (χ0n) is 15.6. The van der Waals surface area contributed by atoms with Gasteiger partial charge in [-0.15, -0.1) is 0 Å². The molecule has 1 amide bonds. The minimum Gasteiger partial charge on any atom is -0.480 e. The number of carboxylic acid groups (broad SMARTS) is 1. The summed E-state index contributed by atoms with van der Waals surface area (Å²) in [5.41, 5.74) is 4.56. The number of benzene rings is 2. The summed E-state index contributed by atoms with van der Waals surface area (Å²) in [5, 5.41) is 12.0. The van der Waals surface area contributed by atoms with Crippen LogP contribution in [0.25, 0.3) is 11.1 Å². The lowest BCUT2D eigenvalue weighted by Crippen LogP contribution is -2.46. The van der Waals surface area contributed by atoms with E-state index in [4.69, 9.17) is 4.74 Å². The highest BCUT2D eigenvalue weighted by Gasteiger charge is 2.31. The number of amides is 1. The van der Waals surface area contributed by atoms with Gasteiger partial charge in [-0.2, -0.15) is 0 Å². The number of fused-ring (bicyclic) bond motifs is 3. The number of ether oxygens (including phenoxy) is 1. The molecule has 0 aliphatic heterocycles. The highest BCUT2D eigenvalue weighted by Crippen LogP contribution is 2.44. The second-order valence-electron chi connectivity index (χ2n) is 6.86. The molecule has 2 aromatic rings. The number of carbonyl (C=O) groups excluding carboxylic acids is 1. The molecule has 0 aromatic heterocycles. The van der Waals surface area contributed by atoms with Crippen molar-refractivity contribution in [1.82, 2.24) is 5.32 Å². The standard InChI is InChI=1S/C22H25NO4/c1-3-14(4-2)20(21(24)25)23-22(26)27-13-19-17-11-7-5-9-15(17)16-10-6-8-12-18(16)19/h5-12,14,19-20H,3-4,13H2,1-2H3,(H,23,26)(H,24,25)/t20-/m1/s1. The lowest BCUT2D eigenvalue weighted by atomic mass is 9.94. The summed E-state index contributed by atoms with van der Waals surface area (Å²) in [6.45, 7) is 4.02. The van der Waals surface area contributed by atoms with Gasteiger partial charge in [0.2, 0.25) is 0 Å². The average Bonchev–Trinajstić information content (AvgIpc) is 3.00. The number of hydrogen-bond acceptors (Lipinski definition) is 3. The minimum absolute atomic E-state index is 0.0421. The zero-order chi connectivity index (χ0) is 19.4. The van der Waals surface area contributed by atoms with Crippen LogP contribution < -0.4 is 5.32 Å². The summed E-state index contributed by atoms with van der Waals surface area (Å²) in [6, 6.07) is 15.3. The van der Waals surface area contributed by atoms with Gasteiger partial charge in [0.25, 0.3) is 0 Å². The number of alkyl carbamates (subject to hydrolysis) is 1. The van der Waals surface area contributed by atoms with Crippen LogP contribution in [0.4, 0.5) is 4.79 Å². The fourth-order valence-electron chi connectivity index (χ4n) is 3.91. The zero-order valence-corrected chi connectivity index (χ0v) is 15.6. The second-order valence-corrected chi connectivity index (χ2v) is 6.86. The summed E-state index contributed by atoms with van der Waals surface area (Å²) in [5.74, 6) is -1.19. The van der Waals surface area contributed by atoms with E-state index in [1.807, 2.05) is 50.2 Å². The first-order chi connectivity index (χ1) is 13.1. The molecule has 27 heavy (non-hydrogen) atoms. The van der Waals surface area contributed by atoms with Crippen LogP contribution in [0.1, 0.15) is 43.7 Å². The van der Waals surface area contributed by atoms with Crippen molar-refractivity contribution in [3.63, 3.8) is 0 Å². The van der Waals surface area contributed by atoms with E-state index in [2.05, 4.69) is 17.4 Å². The minimum atomic E-state index is -1.03. The average molecular weight is 367 g/mol. The van der Waals surface area contributed by atoms with Crippen molar-refractivity contribution in [1.29, 1.82) is 0 Å². The molecule has 1 aliphatic rings. The fraction of sp³-hybridized carbons (Fsp3) is 0.364. The van der Waals surface area contributed by atoms with Crippen LogP contribution in [-0.2, 0) is 9.53 Å². The molecule has 2 N–H and O–H groups in total. The van der Waals surface area contributed by atoms with Crippen molar-refractivity contribution >= 4 is 12.1 Å². The Kier molecular flexibility index (Phi) is 5.79. The molecular weight excluding hydrogens is 342 g/mol. The molecule has 0 unspecified atom stereocenters. The van der Waals surface area contributed by atoms with Crippen molar-refractivity contribution in [2.24, 2.45) is 5.92 Å². The Bertz CT molecular complexity index is 783. The third-order valence-electron chi connectivity index (χ3n) is 5.40. The Labute approximate surface area is 159 Å². The predicted molar refractivity (Wildman–Crippen MR) is 104 cm³/mol. The molecule has 0 bridgehead atoms. The highest BCUT2D eigenvalue weighted by molar-refractivity contribution is 5.81. The third kappa shape index (κ3) is 3.82. The maximum atomic E-state index is 12.3. The Hall–Kier alpha value is -2.82. The lowest BCUT2D eigenvalue weighted by Gasteiger charge is -2.23. The first-order valence-electron chi connectivity index (χ1n) is 9.41. The molecule has 0 radical (unpaired) electrons. The van der Waals surface area contributed by atoms with Crippen LogP contribution in [0.3, 0.4) is 0 Å². The van der Waals surface area contributed by atoms with E-state index >= 15 is 0 Å². The van der Waals surface area contributed by atoms with Crippen LogP contribution in [0.15, 0.2) is 48.5 Å². The Morgan fingerprint density at radius 2 is 1.52 bits per heavy atom. The molecule has 2 aromatic carbocycles. The smallest absolute Gasteiger partial charge is 0.407 e. The van der Waals surface area contributed by atoms with E-state index in [1.165, 1.54) is 0 Å². The van der Waals surface area contributed by atoms with Gasteiger partial charge in [-0.3, -0.25) is 0 Å². The summed E-state index contributed by atoms with van der Waals surface area (Å²) < 4.78 is 5.45. The largest absolute Gasteiger partial charge is 0.480 e. The predicted octanol–water partition coefficient (Wildman–Crippen LogP) is 4.41. The summed E-state index contributed by atoms with van der Waals surface area (Å²) in [7, 11) is 0. The molecular formula is C22H25NO4. The van der Waals surface area contributed by atoms with Crippen LogP contribution >= 0.6 is 0 Å². The topological polar surface area (TPSA) is 75.6 Å². The van der Waals surface area contributed by atoms with Crippen LogP contribution in [0.2, 0.25) is 0 Å². The summed E-state index contributed by atoms with van der Waals surface area (Å²) in [6.07, 6.45) is 0.671. The molecule has 0 spiro atoms. The molecule has 0 fully saturated rings. The van der Waals surface area contributed by atoms with Crippen molar-refractivity contribution in [3.05, 3.63) is 59.7 Å². The molecule has 0 heterocycles. The SMILES string of the molecule is CCC(CC)[C@@H](NC(=O)OCC1c2ccccc2-c2ccccc21)C(=O)O. The molecule has 5 nitrogen and oxygen atoms in total. The van der Waals surface area contributed by atoms with Gasteiger partial charge < -0.3 is 15.2 Å². The Morgan fingerprint density at radius 1 is 1.00 bits per heavy atom. The van der Waals surface area contributed by atoms with E-state index in [-0.39, 0.29) is 18.4 Å². The van der Waals surface area contributed by atoms with Gasteiger partial charge in [-0.25, -0.2) is 9.59 Å². The van der Waals surface area contributed by atoms with Gasteiger partial charge in [-0.1, -0.05) is 75.2 Å². The Morgan fingerprint density at radius 3 is 2.00 bits per heavy atom. The van der Waals surface area contributed by atoms with E-state index in [0.29, 0.717) is 12.8 Å². The van der Waals surface area contributed by atoms with Gasteiger partial charge in [0.1, 0.15) is 12.6 Å². The second kappa shape index (κ2) is 8.25. The molecule has 1 aliphatic carbocycles. The number of carbonyl (C=O) groups is 2. The van der Waals surface area contributed by atoms with Crippen LogP contribution in [-0.4, -0.2) is 29.8 Å². The molecule has 1 atom stereocenters. The fourth-order valence-corrected chi connectivity index (χ4v) is 3.91. The van der Waals surface area contributed by atoms with Crippen molar-refractivity contribution in [3.8, 4) is 11.1 Å². The third-order valence-corrected chi connectivity index (χ3v) is 5.40. The maximum absolute atomic E-state index is 12.3. The normalized spacial score (nSPS) is 13.7. The maximum Gasteiger partial charge on any atom is 0.407 e. The Balaban J connectivity index is 1.71. The van der Waals surface area contributed by atoms with Crippen LogP contribution in [0, 0.1) is 5.92 Å². The van der Waals surface area contributed by atoms with Gasteiger partial charge in [0.15, 0.2) is 0 Å². The van der Waals surface area contributed by atoms with Gasteiger partial charge in [0.05, 0.1) is 0 Å². The number of carboxylic acids is 1. The first-order valence-corrected chi connectivity index (χ1v) is 9.41. The number of hydrogen-bond donors (Lipinski definition) is 2. The first kappa shape index (κ1) is 19.0. The van der Waals surface area contributed by atoms with Gasteiger partial charge in [-0.05, 0) is 28.2 Å². The summed E-state index contributed by atoms with van der Waals surface area (Å²) in [4.78, 5) is 23.8. The number of aliphatic carboxylic acids is 1. The quantitative estimate of drug-likeness (QED) is 0.760. The van der Waals surface area contributed by atoms with Crippen molar-refractivity contribution in [2.45, 2.75) is 38.6 Å². The lowest BCUT2D eigenvalue weighted by molar-refractivity contribution is -0.140. The molecule has 5 heteroatoms. The van der Waals surface area contributed by atoms with Gasteiger partial charge >= 0.3 is 12.1 Å². The monoisotopic (exact) mass is 367 g/mol. The molecule has 0 saturated heterocycles. The molecule has 0 saturated carbocycles. The van der Waals surface area contributed by atoms with Crippen molar-refractivity contribution in [2.75, 3.05) is 6.61 Å². The van der Waals surface area contributed by atoms with Gasteiger partial charge in [0, 0.05) is 5.92 Å². The van der Waals surface area contributed by atoms with E-state index in [0.717, 1.165) is 22.3 Å². The number of nitrogens with one attached hydrogen (secondary N) is 1. The van der Waals surface area contributed by atoms with E-state index in [9.17, 15) is 14.7 Å². The van der Waals surface area contributed by atoms with Crippen molar-refractivity contribution < 1.29 is 19.4 Å². The summed E-state index contributed by atoms with van der Waals surface area (Å²) >= 11 is 0.